The summed E-state index contributed by atoms with van der Waals surface area (Å²) in [5.74, 6) is 0.502. The fourth-order valence-electron chi connectivity index (χ4n) is 2.14. The van der Waals surface area contributed by atoms with E-state index >= 15 is 0 Å². The fourth-order valence-corrected chi connectivity index (χ4v) is 2.91. The molecule has 2 aromatic heterocycles. The van der Waals surface area contributed by atoms with Crippen LogP contribution in [0.25, 0.3) is 10.9 Å². The van der Waals surface area contributed by atoms with E-state index in [9.17, 15) is 4.79 Å². The van der Waals surface area contributed by atoms with Crippen LogP contribution in [0, 0.1) is 6.92 Å². The van der Waals surface area contributed by atoms with E-state index in [-0.39, 0.29) is 5.56 Å². The summed E-state index contributed by atoms with van der Waals surface area (Å²) in [7, 11) is 0. The lowest BCUT2D eigenvalue weighted by Gasteiger charge is -2.10. The molecule has 2 heterocycles. The van der Waals surface area contributed by atoms with E-state index in [4.69, 9.17) is 0 Å². The molecular formula is C15H13BrN4OS. The number of fused-ring (bicyclic) bond motifs is 1. The van der Waals surface area contributed by atoms with Crippen LogP contribution in [-0.4, -0.2) is 21.2 Å². The van der Waals surface area contributed by atoms with Crippen molar-refractivity contribution in [3.05, 3.63) is 50.9 Å². The first-order valence-electron chi connectivity index (χ1n) is 6.55. The minimum atomic E-state index is -0.221. The number of rotatable bonds is 3. The van der Waals surface area contributed by atoms with Gasteiger partial charge >= 0.3 is 0 Å². The van der Waals surface area contributed by atoms with Crippen LogP contribution in [0.4, 0.5) is 11.5 Å². The van der Waals surface area contributed by atoms with Gasteiger partial charge in [-0.05, 0) is 46.8 Å². The van der Waals surface area contributed by atoms with Crippen molar-refractivity contribution in [2.45, 2.75) is 12.1 Å². The van der Waals surface area contributed by atoms with Crippen molar-refractivity contribution >= 4 is 50.1 Å². The number of aromatic amines is 1. The molecule has 0 spiro atoms. The van der Waals surface area contributed by atoms with Gasteiger partial charge in [-0.25, -0.2) is 9.97 Å². The third-order valence-electron chi connectivity index (χ3n) is 3.14. The van der Waals surface area contributed by atoms with Crippen LogP contribution >= 0.6 is 27.7 Å². The molecule has 0 saturated carbocycles. The van der Waals surface area contributed by atoms with Crippen LogP contribution in [0.15, 0.2) is 44.9 Å². The fraction of sp³-hybridized carbons (Fsp3) is 0.133. The zero-order chi connectivity index (χ0) is 15.7. The third-order valence-corrected chi connectivity index (χ3v) is 4.29. The monoisotopic (exact) mass is 376 g/mol. The van der Waals surface area contributed by atoms with Crippen molar-refractivity contribution in [1.29, 1.82) is 0 Å². The standard InChI is InChI=1S/C15H13BrN4OS/c1-8-4-3-5-9(6-8)18-13-11-12(19-15(20-13)22-2)10(16)7-17-14(11)21/h3-7H,1-2H3,(H,17,21)(H,18,19,20). The molecule has 22 heavy (non-hydrogen) atoms. The van der Waals surface area contributed by atoms with Gasteiger partial charge in [0.15, 0.2) is 5.16 Å². The molecule has 0 fully saturated rings. The van der Waals surface area contributed by atoms with E-state index < -0.39 is 0 Å². The van der Waals surface area contributed by atoms with Crippen LogP contribution in [-0.2, 0) is 0 Å². The number of aromatic nitrogens is 3. The molecule has 0 atom stereocenters. The quantitative estimate of drug-likeness (QED) is 0.536. The summed E-state index contributed by atoms with van der Waals surface area (Å²) < 4.78 is 0.729. The molecule has 0 aliphatic rings. The Balaban J connectivity index is 2.23. The third kappa shape index (κ3) is 2.86. The summed E-state index contributed by atoms with van der Waals surface area (Å²) in [6, 6.07) is 7.90. The van der Waals surface area contributed by atoms with Crippen LogP contribution in [0.2, 0.25) is 0 Å². The molecule has 0 radical (unpaired) electrons. The normalized spacial score (nSPS) is 10.9. The number of thioether (sulfide) groups is 1. The number of hydrogen-bond donors (Lipinski definition) is 2. The van der Waals surface area contributed by atoms with Crippen molar-refractivity contribution < 1.29 is 0 Å². The Hall–Kier alpha value is -1.86. The number of benzene rings is 1. The number of anilines is 2. The first-order chi connectivity index (χ1) is 10.6. The Kier molecular flexibility index (Phi) is 4.17. The predicted molar refractivity (Wildman–Crippen MR) is 94.1 cm³/mol. The SMILES string of the molecule is CSc1nc(Nc2cccc(C)c2)c2c(=O)[nH]cc(Br)c2n1. The van der Waals surface area contributed by atoms with Crippen molar-refractivity contribution in [3.8, 4) is 0 Å². The van der Waals surface area contributed by atoms with E-state index in [1.807, 2.05) is 37.4 Å². The molecule has 7 heteroatoms. The second kappa shape index (κ2) is 6.10. The van der Waals surface area contributed by atoms with Gasteiger partial charge in [0.05, 0.1) is 9.99 Å². The summed E-state index contributed by atoms with van der Waals surface area (Å²) >= 11 is 4.86. The molecular weight excluding hydrogens is 364 g/mol. The van der Waals surface area contributed by atoms with E-state index in [0.717, 1.165) is 15.7 Å². The second-order valence-electron chi connectivity index (χ2n) is 4.74. The molecule has 1 aromatic carbocycles. The Morgan fingerprint density at radius 1 is 1.32 bits per heavy atom. The molecule has 0 bridgehead atoms. The number of pyridine rings is 1. The average molecular weight is 377 g/mol. The van der Waals surface area contributed by atoms with Gasteiger partial charge in [0.25, 0.3) is 5.56 Å². The van der Waals surface area contributed by atoms with Crippen LogP contribution in [0.1, 0.15) is 5.56 Å². The maximum Gasteiger partial charge on any atom is 0.261 e. The van der Waals surface area contributed by atoms with Gasteiger partial charge in [0.2, 0.25) is 0 Å². The van der Waals surface area contributed by atoms with Gasteiger partial charge in [-0.3, -0.25) is 4.79 Å². The van der Waals surface area contributed by atoms with E-state index in [2.05, 4.69) is 36.2 Å². The maximum atomic E-state index is 12.2. The zero-order valence-electron chi connectivity index (χ0n) is 12.0. The molecule has 0 saturated heterocycles. The number of hydrogen-bond acceptors (Lipinski definition) is 5. The summed E-state index contributed by atoms with van der Waals surface area (Å²) in [6.45, 7) is 2.01. The van der Waals surface area contributed by atoms with Gasteiger partial charge in [-0.15, -0.1) is 0 Å². The largest absolute Gasteiger partial charge is 0.339 e. The molecule has 0 unspecified atom stereocenters. The number of H-pyrrole nitrogens is 1. The minimum Gasteiger partial charge on any atom is -0.339 e. The van der Waals surface area contributed by atoms with Crippen molar-refractivity contribution in [2.75, 3.05) is 11.6 Å². The molecule has 3 rings (SSSR count). The topological polar surface area (TPSA) is 70.7 Å². The van der Waals surface area contributed by atoms with Crippen LogP contribution < -0.4 is 10.9 Å². The number of aryl methyl sites for hydroxylation is 1. The van der Waals surface area contributed by atoms with Crippen LogP contribution in [0.3, 0.4) is 0 Å². The van der Waals surface area contributed by atoms with Crippen molar-refractivity contribution in [1.82, 2.24) is 15.0 Å². The smallest absolute Gasteiger partial charge is 0.261 e. The first kappa shape index (κ1) is 15.1. The van der Waals surface area contributed by atoms with Crippen molar-refractivity contribution in [3.63, 3.8) is 0 Å². The molecule has 112 valence electrons. The van der Waals surface area contributed by atoms with Crippen LogP contribution in [0.5, 0.6) is 0 Å². The van der Waals surface area contributed by atoms with Gasteiger partial charge in [0.1, 0.15) is 11.2 Å². The molecule has 5 nitrogen and oxygen atoms in total. The summed E-state index contributed by atoms with van der Waals surface area (Å²) in [5.41, 5.74) is 2.38. The Labute approximate surface area is 139 Å². The highest BCUT2D eigenvalue weighted by molar-refractivity contribution is 9.10. The Bertz CT molecular complexity index is 910. The molecule has 3 aromatic rings. The highest BCUT2D eigenvalue weighted by atomic mass is 79.9. The summed E-state index contributed by atoms with van der Waals surface area (Å²) in [4.78, 5) is 23.8. The van der Waals surface area contributed by atoms with E-state index in [1.54, 1.807) is 6.20 Å². The maximum absolute atomic E-state index is 12.2. The number of halogens is 1. The zero-order valence-corrected chi connectivity index (χ0v) is 14.4. The lowest BCUT2D eigenvalue weighted by Crippen LogP contribution is -2.11. The van der Waals surface area contributed by atoms with Gasteiger partial charge in [-0.1, -0.05) is 23.9 Å². The Morgan fingerprint density at radius 2 is 2.14 bits per heavy atom. The number of nitrogens with zero attached hydrogens (tertiary/aromatic N) is 2. The molecule has 0 amide bonds. The highest BCUT2D eigenvalue weighted by Crippen LogP contribution is 2.27. The first-order valence-corrected chi connectivity index (χ1v) is 8.57. The lowest BCUT2D eigenvalue weighted by molar-refractivity contribution is 1.00. The Morgan fingerprint density at radius 3 is 2.86 bits per heavy atom. The molecule has 0 aliphatic carbocycles. The summed E-state index contributed by atoms with van der Waals surface area (Å²) in [5, 5.41) is 4.27. The van der Waals surface area contributed by atoms with E-state index in [0.29, 0.717) is 21.9 Å². The molecule has 0 aliphatic heterocycles. The van der Waals surface area contributed by atoms with Gasteiger partial charge < -0.3 is 10.3 Å². The number of nitrogens with one attached hydrogen (secondary N) is 2. The summed E-state index contributed by atoms with van der Waals surface area (Å²) in [6.07, 6.45) is 3.50. The van der Waals surface area contributed by atoms with Gasteiger partial charge in [-0.2, -0.15) is 0 Å². The lowest BCUT2D eigenvalue weighted by atomic mass is 10.2. The van der Waals surface area contributed by atoms with Gasteiger partial charge in [0, 0.05) is 11.9 Å². The minimum absolute atomic E-state index is 0.221. The average Bonchev–Trinajstić information content (AvgIpc) is 2.50. The molecule has 2 N–H and O–H groups in total. The van der Waals surface area contributed by atoms with E-state index in [1.165, 1.54) is 11.8 Å². The second-order valence-corrected chi connectivity index (χ2v) is 6.37. The highest BCUT2D eigenvalue weighted by Gasteiger charge is 2.14. The van der Waals surface area contributed by atoms with Crippen molar-refractivity contribution in [2.24, 2.45) is 0 Å². The predicted octanol–water partition coefficient (Wildman–Crippen LogP) is 3.85.